The minimum atomic E-state index is -0.972. The molecule has 1 fully saturated rings. The Bertz CT molecular complexity index is 1200. The van der Waals surface area contributed by atoms with E-state index in [0.717, 1.165) is 30.2 Å². The molecule has 1 aromatic carbocycles. The van der Waals surface area contributed by atoms with Crippen molar-refractivity contribution in [3.05, 3.63) is 41.6 Å². The minimum absolute atomic E-state index is 0.00308. The van der Waals surface area contributed by atoms with Crippen LogP contribution in [0.1, 0.15) is 30.5 Å². The fourth-order valence-corrected chi connectivity index (χ4v) is 4.93. The molecule has 3 N–H and O–H groups in total. The van der Waals surface area contributed by atoms with Crippen molar-refractivity contribution in [2.75, 3.05) is 43.1 Å². The number of benzene rings is 1. The molecule has 11 heteroatoms. The average molecular weight is 493 g/mol. The number of ether oxygens (including phenoxy) is 2. The third-order valence-corrected chi connectivity index (χ3v) is 6.81. The van der Waals surface area contributed by atoms with Crippen molar-refractivity contribution < 1.29 is 24.2 Å². The first-order valence-corrected chi connectivity index (χ1v) is 12.1. The van der Waals surface area contributed by atoms with Crippen molar-refractivity contribution in [3.63, 3.8) is 0 Å². The highest BCUT2D eigenvalue weighted by molar-refractivity contribution is 5.98. The molecule has 3 aliphatic rings. The van der Waals surface area contributed by atoms with Gasteiger partial charge in [0.1, 0.15) is 12.4 Å². The largest absolute Gasteiger partial charge is 0.488 e. The number of hydrogen-bond donors (Lipinski definition) is 3. The van der Waals surface area contributed by atoms with E-state index in [2.05, 4.69) is 21.7 Å². The summed E-state index contributed by atoms with van der Waals surface area (Å²) in [7, 11) is 0. The van der Waals surface area contributed by atoms with E-state index in [1.54, 1.807) is 23.1 Å². The van der Waals surface area contributed by atoms with Crippen LogP contribution in [0.25, 0.3) is 0 Å². The van der Waals surface area contributed by atoms with Crippen molar-refractivity contribution in [1.29, 1.82) is 5.26 Å². The number of aromatic nitrogens is 1. The minimum Gasteiger partial charge on any atom is -0.488 e. The molecule has 0 radical (unpaired) electrons. The predicted octanol–water partition coefficient (Wildman–Crippen LogP) is 2.17. The number of piperidine rings is 1. The summed E-state index contributed by atoms with van der Waals surface area (Å²) in [5, 5.41) is 25.8. The summed E-state index contributed by atoms with van der Waals surface area (Å²) in [6.45, 7) is 2.50. The van der Waals surface area contributed by atoms with Crippen molar-refractivity contribution in [1.82, 2.24) is 15.2 Å². The van der Waals surface area contributed by atoms with Gasteiger partial charge in [-0.3, -0.25) is 4.79 Å². The highest BCUT2D eigenvalue weighted by atomic mass is 16.5. The van der Waals surface area contributed by atoms with Crippen LogP contribution >= 0.6 is 0 Å². The summed E-state index contributed by atoms with van der Waals surface area (Å²) in [4.78, 5) is 32.3. The zero-order chi connectivity index (χ0) is 25.1. The molecule has 0 bridgehead atoms. The lowest BCUT2D eigenvalue weighted by Gasteiger charge is -2.39. The van der Waals surface area contributed by atoms with Crippen molar-refractivity contribution in [2.24, 2.45) is 0 Å². The number of pyridine rings is 1. The third kappa shape index (κ3) is 4.99. The molecule has 2 amide bonds. The normalized spacial score (nSPS) is 20.8. The van der Waals surface area contributed by atoms with Gasteiger partial charge in [0.15, 0.2) is 18.2 Å². The Labute approximate surface area is 208 Å². The van der Waals surface area contributed by atoms with Gasteiger partial charge in [-0.15, -0.1) is 0 Å². The lowest BCUT2D eigenvalue weighted by Crippen LogP contribution is -2.53. The fourth-order valence-electron chi connectivity index (χ4n) is 4.93. The van der Waals surface area contributed by atoms with E-state index in [-0.39, 0.29) is 24.6 Å². The monoisotopic (exact) mass is 492 g/mol. The summed E-state index contributed by atoms with van der Waals surface area (Å²) >= 11 is 0. The Morgan fingerprint density at radius 1 is 1.25 bits per heavy atom. The van der Waals surface area contributed by atoms with Crippen molar-refractivity contribution in [2.45, 2.75) is 37.9 Å². The number of nitrogens with zero attached hydrogens (tertiary/aromatic N) is 4. The number of nitriles is 1. The number of anilines is 2. The van der Waals surface area contributed by atoms with Gasteiger partial charge in [-0.1, -0.05) is 0 Å². The Balaban J connectivity index is 1.19. The summed E-state index contributed by atoms with van der Waals surface area (Å²) in [6.07, 6.45) is 1.02. The van der Waals surface area contributed by atoms with Gasteiger partial charge in [-0.2, -0.15) is 5.26 Å². The fraction of sp³-hybridized carbons (Fsp3) is 0.440. The second-order valence-corrected chi connectivity index (χ2v) is 9.09. The van der Waals surface area contributed by atoms with Crippen LogP contribution in [0.3, 0.4) is 0 Å². The SMILES string of the molecule is N#Cc1ccc2c(c1)N(CC[C@H]1CC[C@H](NCc3ccc4c(n3)NCCO4)CN1C(=O)O)C(=O)CO2. The first kappa shape index (κ1) is 23.7. The lowest BCUT2D eigenvalue weighted by molar-refractivity contribution is -0.121. The number of carbonyl (C=O) groups is 2. The van der Waals surface area contributed by atoms with Gasteiger partial charge in [-0.25, -0.2) is 9.78 Å². The maximum Gasteiger partial charge on any atom is 0.407 e. The molecule has 36 heavy (non-hydrogen) atoms. The molecule has 11 nitrogen and oxygen atoms in total. The molecule has 0 saturated carbocycles. The first-order chi connectivity index (χ1) is 17.5. The number of rotatable bonds is 6. The zero-order valence-corrected chi connectivity index (χ0v) is 19.8. The standard InChI is InChI=1S/C25H28N6O5/c26-12-16-1-5-21-20(11-16)30(23(32)15-36-21)9-7-19-4-2-18(14-31(19)25(33)34)28-13-17-3-6-22-24(29-17)27-8-10-35-22/h1,3,5-6,11,18-19,28H,2,4,7-10,13-15H2,(H,27,29)(H,33,34)/t18-,19+/m0/s1. The Morgan fingerprint density at radius 3 is 2.94 bits per heavy atom. The maximum absolute atomic E-state index is 12.6. The lowest BCUT2D eigenvalue weighted by atomic mass is 9.95. The van der Waals surface area contributed by atoms with E-state index < -0.39 is 6.09 Å². The molecule has 2 atom stereocenters. The molecule has 188 valence electrons. The number of carbonyl (C=O) groups excluding carboxylic acids is 1. The van der Waals surface area contributed by atoms with E-state index in [9.17, 15) is 20.0 Å². The highest BCUT2D eigenvalue weighted by Gasteiger charge is 2.33. The number of carboxylic acid groups (broad SMARTS) is 1. The van der Waals surface area contributed by atoms with Crippen LogP contribution in [0.4, 0.5) is 16.3 Å². The Morgan fingerprint density at radius 2 is 2.11 bits per heavy atom. The zero-order valence-electron chi connectivity index (χ0n) is 19.8. The molecule has 0 unspecified atom stereocenters. The van der Waals surface area contributed by atoms with E-state index in [1.165, 1.54) is 4.90 Å². The van der Waals surface area contributed by atoms with Crippen LogP contribution in [-0.4, -0.2) is 71.9 Å². The molecule has 0 aliphatic carbocycles. The van der Waals surface area contributed by atoms with Crippen LogP contribution in [0, 0.1) is 11.3 Å². The highest BCUT2D eigenvalue weighted by Crippen LogP contribution is 2.34. The number of hydrogen-bond acceptors (Lipinski definition) is 8. The number of fused-ring (bicyclic) bond motifs is 2. The third-order valence-electron chi connectivity index (χ3n) is 6.81. The van der Waals surface area contributed by atoms with Gasteiger partial charge in [-0.05, 0) is 49.6 Å². The maximum atomic E-state index is 12.6. The van der Waals surface area contributed by atoms with Crippen LogP contribution < -0.4 is 25.0 Å². The van der Waals surface area contributed by atoms with Gasteiger partial charge in [0, 0.05) is 31.7 Å². The van der Waals surface area contributed by atoms with Gasteiger partial charge >= 0.3 is 6.09 Å². The number of nitrogens with one attached hydrogen (secondary N) is 2. The van der Waals surface area contributed by atoms with Gasteiger partial charge < -0.3 is 35.0 Å². The molecule has 3 aliphatic heterocycles. The van der Waals surface area contributed by atoms with Gasteiger partial charge in [0.25, 0.3) is 5.91 Å². The summed E-state index contributed by atoms with van der Waals surface area (Å²) in [6, 6.07) is 10.7. The summed E-state index contributed by atoms with van der Waals surface area (Å²) < 4.78 is 11.1. The van der Waals surface area contributed by atoms with E-state index >= 15 is 0 Å². The second kappa shape index (κ2) is 10.3. The molecule has 1 saturated heterocycles. The first-order valence-electron chi connectivity index (χ1n) is 12.1. The van der Waals surface area contributed by atoms with Crippen molar-refractivity contribution in [3.8, 4) is 17.6 Å². The molecule has 5 rings (SSSR count). The summed E-state index contributed by atoms with van der Waals surface area (Å²) in [5.74, 6) is 1.83. The van der Waals surface area contributed by atoms with Gasteiger partial charge in [0.05, 0.1) is 29.6 Å². The van der Waals surface area contributed by atoms with Gasteiger partial charge in [0.2, 0.25) is 0 Å². The Kier molecular flexibility index (Phi) is 6.77. The molecular formula is C25H28N6O5. The Hall–Kier alpha value is -4.04. The van der Waals surface area contributed by atoms with Crippen LogP contribution in [0.15, 0.2) is 30.3 Å². The van der Waals surface area contributed by atoms with E-state index in [1.807, 2.05) is 12.1 Å². The number of likely N-dealkylation sites (tertiary alicyclic amines) is 1. The molecule has 2 aromatic rings. The predicted molar refractivity (Wildman–Crippen MR) is 130 cm³/mol. The van der Waals surface area contributed by atoms with Crippen molar-refractivity contribution >= 4 is 23.5 Å². The van der Waals surface area contributed by atoms with Crippen LogP contribution in [-0.2, 0) is 11.3 Å². The number of amides is 2. The van der Waals surface area contributed by atoms with E-state index in [4.69, 9.17) is 9.47 Å². The topological polar surface area (TPSA) is 140 Å². The molecule has 1 aromatic heterocycles. The molecule has 0 spiro atoms. The molecular weight excluding hydrogens is 464 g/mol. The van der Waals surface area contributed by atoms with Crippen LogP contribution in [0.5, 0.6) is 11.5 Å². The smallest absolute Gasteiger partial charge is 0.407 e. The average Bonchev–Trinajstić information content (AvgIpc) is 2.91. The van der Waals surface area contributed by atoms with E-state index in [0.29, 0.717) is 56.1 Å². The molecule has 4 heterocycles. The second-order valence-electron chi connectivity index (χ2n) is 9.09. The van der Waals surface area contributed by atoms with Crippen LogP contribution in [0.2, 0.25) is 0 Å². The quantitative estimate of drug-likeness (QED) is 0.553. The summed E-state index contributed by atoms with van der Waals surface area (Å²) in [5.41, 5.74) is 1.85.